The zero-order valence-corrected chi connectivity index (χ0v) is 10.6. The minimum absolute atomic E-state index is 1.05. The van der Waals surface area contributed by atoms with E-state index in [0.29, 0.717) is 0 Å². The van der Waals surface area contributed by atoms with Crippen LogP contribution < -0.4 is 0 Å². The van der Waals surface area contributed by atoms with Crippen molar-refractivity contribution >= 4 is 16.5 Å². The lowest BCUT2D eigenvalue weighted by Crippen LogP contribution is -1.88. The van der Waals surface area contributed by atoms with E-state index in [-0.39, 0.29) is 0 Å². The first-order chi connectivity index (χ1) is 8.24. The molecule has 1 heteroatoms. The summed E-state index contributed by atoms with van der Waals surface area (Å²) in [5.41, 5.74) is 4.91. The van der Waals surface area contributed by atoms with Crippen molar-refractivity contribution in [2.24, 2.45) is 0 Å². The number of hydrogen-bond donors (Lipinski definition) is 0. The zero-order valence-electron chi connectivity index (χ0n) is 10.6. The van der Waals surface area contributed by atoms with E-state index in [0.717, 1.165) is 5.52 Å². The molecule has 0 aliphatic carbocycles. The molecule has 1 heterocycles. The number of aromatic nitrogens is 1. The van der Waals surface area contributed by atoms with E-state index in [4.69, 9.17) is 0 Å². The van der Waals surface area contributed by atoms with Gasteiger partial charge in [-0.1, -0.05) is 35.9 Å². The van der Waals surface area contributed by atoms with Crippen molar-refractivity contribution < 1.29 is 0 Å². The van der Waals surface area contributed by atoms with E-state index in [9.17, 15) is 0 Å². The summed E-state index contributed by atoms with van der Waals surface area (Å²) in [6.07, 6.45) is 6.08. The standard InChI is InChI=1S/C16H17N/c1-4-7-13(12(2)3)14-8-5-10-16-15(14)9-6-11-17-16/h4-11H,1-3H3. The van der Waals surface area contributed by atoms with Crippen LogP contribution >= 0.6 is 0 Å². The van der Waals surface area contributed by atoms with Gasteiger partial charge in [-0.05, 0) is 44.0 Å². The van der Waals surface area contributed by atoms with Crippen molar-refractivity contribution in [3.63, 3.8) is 0 Å². The second-order valence-electron chi connectivity index (χ2n) is 4.29. The third-order valence-electron chi connectivity index (χ3n) is 2.81. The highest BCUT2D eigenvalue weighted by Gasteiger charge is 2.05. The SMILES string of the molecule is CC=CC(=C(C)C)c1cccc2ncccc12. The van der Waals surface area contributed by atoms with Crippen molar-refractivity contribution in [2.75, 3.05) is 0 Å². The van der Waals surface area contributed by atoms with E-state index in [1.165, 1.54) is 22.1 Å². The molecule has 17 heavy (non-hydrogen) atoms. The Morgan fingerprint density at radius 1 is 1.12 bits per heavy atom. The molecule has 0 bridgehead atoms. The fourth-order valence-corrected chi connectivity index (χ4v) is 2.03. The first-order valence-corrected chi connectivity index (χ1v) is 5.88. The second kappa shape index (κ2) is 4.96. The van der Waals surface area contributed by atoms with Gasteiger partial charge in [0.1, 0.15) is 0 Å². The molecule has 0 spiro atoms. The molecule has 2 aromatic rings. The van der Waals surface area contributed by atoms with Crippen molar-refractivity contribution in [1.29, 1.82) is 0 Å². The molecule has 0 aliphatic rings. The lowest BCUT2D eigenvalue weighted by Gasteiger charge is -2.09. The number of pyridine rings is 1. The van der Waals surface area contributed by atoms with Gasteiger partial charge in [0, 0.05) is 11.6 Å². The zero-order chi connectivity index (χ0) is 12.3. The molecule has 1 aromatic carbocycles. The Hall–Kier alpha value is -1.89. The topological polar surface area (TPSA) is 12.9 Å². The van der Waals surface area contributed by atoms with Gasteiger partial charge in [0.25, 0.3) is 0 Å². The van der Waals surface area contributed by atoms with Crippen LogP contribution in [-0.2, 0) is 0 Å². The van der Waals surface area contributed by atoms with Gasteiger partial charge in [0.05, 0.1) is 5.52 Å². The van der Waals surface area contributed by atoms with Crippen molar-refractivity contribution in [3.05, 3.63) is 59.8 Å². The molecule has 1 nitrogen and oxygen atoms in total. The number of hydrogen-bond acceptors (Lipinski definition) is 1. The molecule has 86 valence electrons. The summed E-state index contributed by atoms with van der Waals surface area (Å²) in [5, 5.41) is 1.21. The molecule has 2 rings (SSSR count). The highest BCUT2D eigenvalue weighted by molar-refractivity contribution is 5.94. The second-order valence-corrected chi connectivity index (χ2v) is 4.29. The molecule has 0 N–H and O–H groups in total. The number of benzene rings is 1. The Labute approximate surface area is 103 Å². The van der Waals surface area contributed by atoms with Gasteiger partial charge in [0.15, 0.2) is 0 Å². The summed E-state index contributed by atoms with van der Waals surface area (Å²) in [6, 6.07) is 10.4. The van der Waals surface area contributed by atoms with E-state index < -0.39 is 0 Å². The molecule has 0 radical (unpaired) electrons. The minimum atomic E-state index is 1.05. The predicted octanol–water partition coefficient (Wildman–Crippen LogP) is 4.60. The molecule has 0 atom stereocenters. The molecule has 0 aliphatic heterocycles. The van der Waals surface area contributed by atoms with E-state index in [1.807, 2.05) is 19.2 Å². The van der Waals surface area contributed by atoms with Gasteiger partial charge >= 0.3 is 0 Å². The molecule has 0 amide bonds. The van der Waals surface area contributed by atoms with Crippen LogP contribution in [0.15, 0.2) is 54.3 Å². The van der Waals surface area contributed by atoms with Crippen LogP contribution in [0.1, 0.15) is 26.3 Å². The van der Waals surface area contributed by atoms with E-state index in [1.54, 1.807) is 0 Å². The fraction of sp³-hybridized carbons (Fsp3) is 0.188. The number of rotatable bonds is 2. The maximum Gasteiger partial charge on any atom is 0.0708 e. The molecule has 0 saturated carbocycles. The highest BCUT2D eigenvalue weighted by atomic mass is 14.6. The first kappa shape index (κ1) is 11.6. The van der Waals surface area contributed by atoms with Gasteiger partial charge in [-0.2, -0.15) is 0 Å². The summed E-state index contributed by atoms with van der Waals surface area (Å²) in [6.45, 7) is 6.33. The van der Waals surface area contributed by atoms with E-state index in [2.05, 4.69) is 55.2 Å². The summed E-state index contributed by atoms with van der Waals surface area (Å²) in [4.78, 5) is 4.40. The average Bonchev–Trinajstić information content (AvgIpc) is 2.35. The first-order valence-electron chi connectivity index (χ1n) is 5.88. The molecule has 1 aromatic heterocycles. The largest absolute Gasteiger partial charge is 0.256 e. The Balaban J connectivity index is 2.74. The van der Waals surface area contributed by atoms with Crippen LogP contribution in [0.3, 0.4) is 0 Å². The van der Waals surface area contributed by atoms with Crippen LogP contribution in [0.2, 0.25) is 0 Å². The number of nitrogens with zero attached hydrogens (tertiary/aromatic N) is 1. The quantitative estimate of drug-likeness (QED) is 0.678. The average molecular weight is 223 g/mol. The smallest absolute Gasteiger partial charge is 0.0708 e. The summed E-state index contributed by atoms with van der Waals surface area (Å²) < 4.78 is 0. The van der Waals surface area contributed by atoms with Crippen molar-refractivity contribution in [2.45, 2.75) is 20.8 Å². The van der Waals surface area contributed by atoms with Gasteiger partial charge in [0.2, 0.25) is 0 Å². The summed E-state index contributed by atoms with van der Waals surface area (Å²) in [7, 11) is 0. The third kappa shape index (κ3) is 2.28. The predicted molar refractivity (Wildman–Crippen MR) is 74.8 cm³/mol. The molecule has 0 unspecified atom stereocenters. The van der Waals surface area contributed by atoms with Crippen LogP contribution in [-0.4, -0.2) is 4.98 Å². The van der Waals surface area contributed by atoms with Crippen molar-refractivity contribution in [1.82, 2.24) is 4.98 Å². The molecular weight excluding hydrogens is 206 g/mol. The molecular formula is C16H17N. The maximum absolute atomic E-state index is 4.40. The summed E-state index contributed by atoms with van der Waals surface area (Å²) >= 11 is 0. The highest BCUT2D eigenvalue weighted by Crippen LogP contribution is 2.27. The van der Waals surface area contributed by atoms with Crippen molar-refractivity contribution in [3.8, 4) is 0 Å². The summed E-state index contributed by atoms with van der Waals surface area (Å²) in [5.74, 6) is 0. The number of fused-ring (bicyclic) bond motifs is 1. The van der Waals surface area contributed by atoms with E-state index >= 15 is 0 Å². The van der Waals surface area contributed by atoms with Gasteiger partial charge in [-0.25, -0.2) is 0 Å². The van der Waals surface area contributed by atoms with Crippen LogP contribution in [0.5, 0.6) is 0 Å². The van der Waals surface area contributed by atoms with Crippen LogP contribution in [0.4, 0.5) is 0 Å². The minimum Gasteiger partial charge on any atom is -0.256 e. The lowest BCUT2D eigenvalue weighted by atomic mass is 9.97. The lowest BCUT2D eigenvalue weighted by molar-refractivity contribution is 1.38. The van der Waals surface area contributed by atoms with Gasteiger partial charge in [-0.3, -0.25) is 4.98 Å². The fourth-order valence-electron chi connectivity index (χ4n) is 2.03. The Bertz CT molecular complexity index is 582. The van der Waals surface area contributed by atoms with Gasteiger partial charge < -0.3 is 0 Å². The molecule has 0 saturated heterocycles. The Morgan fingerprint density at radius 3 is 2.65 bits per heavy atom. The monoisotopic (exact) mass is 223 g/mol. The van der Waals surface area contributed by atoms with Gasteiger partial charge in [-0.15, -0.1) is 0 Å². The third-order valence-corrected chi connectivity index (χ3v) is 2.81. The molecule has 0 fully saturated rings. The Kier molecular flexibility index (Phi) is 3.38. The normalized spacial score (nSPS) is 11.0. The van der Waals surface area contributed by atoms with Crippen LogP contribution in [0.25, 0.3) is 16.5 Å². The maximum atomic E-state index is 4.40. The Morgan fingerprint density at radius 2 is 1.94 bits per heavy atom. The van der Waals surface area contributed by atoms with Crippen LogP contribution in [0, 0.1) is 0 Å². The number of allylic oxidation sites excluding steroid dienone is 4.